The Hall–Kier alpha value is -2.67. The van der Waals surface area contributed by atoms with Gasteiger partial charge in [0.2, 0.25) is 0 Å². The fourth-order valence-electron chi connectivity index (χ4n) is 4.87. The molecule has 31 heavy (non-hydrogen) atoms. The van der Waals surface area contributed by atoms with E-state index in [4.69, 9.17) is 9.47 Å². The molecule has 7 heteroatoms. The number of nitrogens with one attached hydrogen (secondary N) is 1. The van der Waals surface area contributed by atoms with Gasteiger partial charge in [0, 0.05) is 62.9 Å². The van der Waals surface area contributed by atoms with E-state index in [0.29, 0.717) is 32.0 Å². The van der Waals surface area contributed by atoms with Crippen molar-refractivity contribution in [1.29, 1.82) is 0 Å². The number of benzene rings is 1. The summed E-state index contributed by atoms with van der Waals surface area (Å²) in [6.45, 7) is 3.36. The Balaban J connectivity index is 1.13. The zero-order chi connectivity index (χ0) is 21.4. The summed E-state index contributed by atoms with van der Waals surface area (Å²) >= 11 is 0. The molecule has 0 saturated carbocycles. The topological polar surface area (TPSA) is 57.3 Å². The number of hydrogen-bond donors (Lipinski definition) is 1. The number of rotatable bonds is 3. The molecular formula is C24H32N4O3. The molecule has 3 aliphatic heterocycles. The molecule has 5 rings (SSSR count). The molecule has 7 nitrogen and oxygen atoms in total. The third-order valence-corrected chi connectivity index (χ3v) is 6.88. The van der Waals surface area contributed by atoms with Crippen LogP contribution in [0, 0.1) is 0 Å². The Labute approximate surface area is 184 Å². The number of allylic oxidation sites excluding steroid dienone is 3. The standard InChI is InChI=1S/C24H32N4O3/c1-26(2)20-11-14-28(17-20)19-9-7-18(8-10-19)25-23(29)27-15-12-24(13-16-27)30-21-5-3-4-6-22(21)31-24/h3,5,7-10,20H,4,6,11-17H2,1-2H3,(H,25,29). The summed E-state index contributed by atoms with van der Waals surface area (Å²) < 4.78 is 12.3. The second kappa shape index (κ2) is 8.11. The summed E-state index contributed by atoms with van der Waals surface area (Å²) in [5.74, 6) is 1.26. The van der Waals surface area contributed by atoms with Crippen LogP contribution >= 0.6 is 0 Å². The highest BCUT2D eigenvalue weighted by molar-refractivity contribution is 5.89. The molecule has 0 radical (unpaired) electrons. The van der Waals surface area contributed by atoms with Gasteiger partial charge in [0.25, 0.3) is 5.79 Å². The fraction of sp³-hybridized carbons (Fsp3) is 0.542. The van der Waals surface area contributed by atoms with E-state index in [2.05, 4.69) is 47.4 Å². The van der Waals surface area contributed by atoms with Crippen molar-refractivity contribution < 1.29 is 14.3 Å². The summed E-state index contributed by atoms with van der Waals surface area (Å²) in [6.07, 6.45) is 8.59. The molecule has 1 aromatic carbocycles. The summed E-state index contributed by atoms with van der Waals surface area (Å²) in [5.41, 5.74) is 2.04. The molecular weight excluding hydrogens is 392 g/mol. The van der Waals surface area contributed by atoms with Gasteiger partial charge < -0.3 is 29.5 Å². The van der Waals surface area contributed by atoms with Gasteiger partial charge in [-0.25, -0.2) is 4.79 Å². The number of hydrogen-bond acceptors (Lipinski definition) is 5. The molecule has 0 aromatic heterocycles. The fourth-order valence-corrected chi connectivity index (χ4v) is 4.87. The maximum atomic E-state index is 12.8. The molecule has 166 valence electrons. The van der Waals surface area contributed by atoms with Gasteiger partial charge in [0.05, 0.1) is 0 Å². The quantitative estimate of drug-likeness (QED) is 0.801. The van der Waals surface area contributed by atoms with Crippen LogP contribution in [0.4, 0.5) is 16.2 Å². The van der Waals surface area contributed by atoms with Crippen molar-refractivity contribution in [2.45, 2.75) is 43.9 Å². The Morgan fingerprint density at radius 2 is 1.90 bits per heavy atom. The lowest BCUT2D eigenvalue weighted by Gasteiger charge is -2.37. The summed E-state index contributed by atoms with van der Waals surface area (Å²) in [4.78, 5) is 19.3. The second-order valence-electron chi connectivity index (χ2n) is 9.16. The molecule has 1 unspecified atom stereocenters. The highest BCUT2D eigenvalue weighted by Crippen LogP contribution is 2.42. The van der Waals surface area contributed by atoms with Gasteiger partial charge >= 0.3 is 6.03 Å². The summed E-state index contributed by atoms with van der Waals surface area (Å²) in [5, 5.41) is 3.04. The molecule has 1 spiro atoms. The van der Waals surface area contributed by atoms with Crippen LogP contribution < -0.4 is 10.2 Å². The van der Waals surface area contributed by atoms with Gasteiger partial charge in [-0.15, -0.1) is 0 Å². The van der Waals surface area contributed by atoms with E-state index in [-0.39, 0.29) is 6.03 Å². The minimum atomic E-state index is -0.585. The van der Waals surface area contributed by atoms with Crippen LogP contribution in [0.5, 0.6) is 0 Å². The van der Waals surface area contributed by atoms with Crippen molar-refractivity contribution in [3.8, 4) is 0 Å². The molecule has 2 fully saturated rings. The first-order valence-electron chi connectivity index (χ1n) is 11.4. The highest BCUT2D eigenvalue weighted by atomic mass is 16.7. The predicted molar refractivity (Wildman–Crippen MR) is 121 cm³/mol. The molecule has 1 N–H and O–H groups in total. The van der Waals surface area contributed by atoms with Crippen molar-refractivity contribution in [3.63, 3.8) is 0 Å². The van der Waals surface area contributed by atoms with Crippen molar-refractivity contribution >= 4 is 17.4 Å². The van der Waals surface area contributed by atoms with E-state index in [1.54, 1.807) is 0 Å². The Bertz CT molecular complexity index is 885. The van der Waals surface area contributed by atoms with Gasteiger partial charge in [-0.1, -0.05) is 6.08 Å². The van der Waals surface area contributed by atoms with E-state index in [1.807, 2.05) is 23.1 Å². The predicted octanol–water partition coefficient (Wildman–Crippen LogP) is 3.76. The molecule has 2 amide bonds. The zero-order valence-electron chi connectivity index (χ0n) is 18.5. The maximum Gasteiger partial charge on any atom is 0.321 e. The van der Waals surface area contributed by atoms with Crippen molar-refractivity contribution in [2.24, 2.45) is 0 Å². The first kappa shape index (κ1) is 20.2. The van der Waals surface area contributed by atoms with Gasteiger partial charge in [-0.2, -0.15) is 0 Å². The lowest BCUT2D eigenvalue weighted by Crippen LogP contribution is -2.48. The van der Waals surface area contributed by atoms with Crippen LogP contribution in [0.25, 0.3) is 0 Å². The first-order valence-corrected chi connectivity index (χ1v) is 11.4. The Kier molecular flexibility index (Phi) is 5.30. The maximum absolute atomic E-state index is 12.8. The monoisotopic (exact) mass is 424 g/mol. The average Bonchev–Trinajstić information content (AvgIpc) is 3.40. The van der Waals surface area contributed by atoms with Gasteiger partial charge in [-0.05, 0) is 57.3 Å². The van der Waals surface area contributed by atoms with E-state index < -0.39 is 5.79 Å². The SMILES string of the molecule is CN(C)C1CCN(c2ccc(NC(=O)N3CCC4(CC3)OC3=C(CCC=C3)O4)cc2)C1. The molecule has 1 aliphatic carbocycles. The molecule has 1 atom stereocenters. The molecule has 0 bridgehead atoms. The number of likely N-dealkylation sites (N-methyl/N-ethyl adjacent to an activating group) is 1. The van der Waals surface area contributed by atoms with Crippen LogP contribution in [-0.2, 0) is 9.47 Å². The van der Waals surface area contributed by atoms with Crippen LogP contribution in [0.1, 0.15) is 32.1 Å². The van der Waals surface area contributed by atoms with Gasteiger partial charge in [0.1, 0.15) is 5.76 Å². The Morgan fingerprint density at radius 3 is 2.58 bits per heavy atom. The zero-order valence-corrected chi connectivity index (χ0v) is 18.5. The van der Waals surface area contributed by atoms with Crippen LogP contribution in [0.15, 0.2) is 47.9 Å². The number of piperidine rings is 1. The number of carbonyl (C=O) groups excluding carboxylic acids is 1. The van der Waals surface area contributed by atoms with Crippen LogP contribution in [0.2, 0.25) is 0 Å². The smallest absolute Gasteiger partial charge is 0.321 e. The van der Waals surface area contributed by atoms with Gasteiger partial charge in [0.15, 0.2) is 5.76 Å². The molecule has 3 heterocycles. The van der Waals surface area contributed by atoms with E-state index in [9.17, 15) is 4.79 Å². The minimum absolute atomic E-state index is 0.0629. The number of anilines is 2. The Morgan fingerprint density at radius 1 is 1.13 bits per heavy atom. The number of nitrogens with zero attached hydrogens (tertiary/aromatic N) is 3. The third kappa shape index (κ3) is 4.11. The van der Waals surface area contributed by atoms with Gasteiger partial charge in [-0.3, -0.25) is 0 Å². The van der Waals surface area contributed by atoms with Crippen molar-refractivity contribution in [2.75, 3.05) is 50.5 Å². The largest absolute Gasteiger partial charge is 0.453 e. The normalized spacial score (nSPS) is 24.4. The lowest BCUT2D eigenvalue weighted by atomic mass is 10.0. The van der Waals surface area contributed by atoms with E-state index in [1.165, 1.54) is 12.1 Å². The number of amides is 2. The molecule has 2 saturated heterocycles. The first-order chi connectivity index (χ1) is 15.0. The summed E-state index contributed by atoms with van der Waals surface area (Å²) in [6, 6.07) is 8.73. The molecule has 1 aromatic rings. The lowest BCUT2D eigenvalue weighted by molar-refractivity contribution is -0.177. The number of urea groups is 1. The number of ether oxygens (including phenoxy) is 2. The van der Waals surface area contributed by atoms with Crippen LogP contribution in [0.3, 0.4) is 0 Å². The van der Waals surface area contributed by atoms with Crippen LogP contribution in [-0.4, -0.2) is 67.9 Å². The van der Waals surface area contributed by atoms with Crippen molar-refractivity contribution in [3.05, 3.63) is 47.9 Å². The van der Waals surface area contributed by atoms with E-state index >= 15 is 0 Å². The third-order valence-electron chi connectivity index (χ3n) is 6.88. The number of likely N-dealkylation sites (tertiary alicyclic amines) is 1. The number of carbonyl (C=O) groups is 1. The second-order valence-corrected chi connectivity index (χ2v) is 9.16. The van der Waals surface area contributed by atoms with Crippen molar-refractivity contribution in [1.82, 2.24) is 9.80 Å². The molecule has 4 aliphatic rings. The highest BCUT2D eigenvalue weighted by Gasteiger charge is 2.45. The van der Waals surface area contributed by atoms with E-state index in [0.717, 1.165) is 43.1 Å². The summed E-state index contributed by atoms with van der Waals surface area (Å²) in [7, 11) is 4.28. The average molecular weight is 425 g/mol. The minimum Gasteiger partial charge on any atom is -0.453 e.